The molecule has 1 saturated heterocycles. The molecule has 0 unspecified atom stereocenters. The van der Waals surface area contributed by atoms with E-state index < -0.39 is 0 Å². The zero-order valence-corrected chi connectivity index (χ0v) is 14.0. The number of anilines is 1. The second-order valence-electron chi connectivity index (χ2n) is 6.27. The van der Waals surface area contributed by atoms with Gasteiger partial charge in [-0.15, -0.1) is 0 Å². The van der Waals surface area contributed by atoms with Crippen molar-refractivity contribution in [2.75, 3.05) is 25.0 Å². The molecule has 0 saturated carbocycles. The molecule has 2 heterocycles. The van der Waals surface area contributed by atoms with Gasteiger partial charge in [0.25, 0.3) is 11.5 Å². The third-order valence-electron chi connectivity index (χ3n) is 4.49. The molecule has 5 nitrogen and oxygen atoms in total. The summed E-state index contributed by atoms with van der Waals surface area (Å²) in [6.07, 6.45) is 4.12. The first-order valence-electron chi connectivity index (χ1n) is 8.43. The number of carbonyl (C=O) groups excluding carboxylic acids is 1. The van der Waals surface area contributed by atoms with E-state index in [0.717, 1.165) is 30.9 Å². The first kappa shape index (κ1) is 16.5. The highest BCUT2D eigenvalue weighted by Gasteiger charge is 2.13. The highest BCUT2D eigenvalue weighted by molar-refractivity contribution is 6.04. The normalized spacial score (nSPS) is 14.7. The molecule has 24 heavy (non-hydrogen) atoms. The molecule has 1 aliphatic heterocycles. The number of aromatic nitrogens is 1. The number of hydrogen-bond acceptors (Lipinski definition) is 3. The number of aryl methyl sites for hydroxylation is 1. The molecular weight excluding hydrogens is 302 g/mol. The molecule has 1 aliphatic rings. The van der Waals surface area contributed by atoms with Crippen LogP contribution in [-0.2, 0) is 6.54 Å². The predicted molar refractivity (Wildman–Crippen MR) is 95.5 cm³/mol. The lowest BCUT2D eigenvalue weighted by Crippen LogP contribution is -2.29. The SMILES string of the molecule is Cc1ccccc1NC(=O)c1ccc(=O)n(CCN2CCCC2)c1. The van der Waals surface area contributed by atoms with Crippen molar-refractivity contribution in [3.8, 4) is 0 Å². The Bertz CT molecular complexity index is 776. The smallest absolute Gasteiger partial charge is 0.257 e. The Labute approximate surface area is 141 Å². The maximum atomic E-state index is 12.5. The van der Waals surface area contributed by atoms with Crippen LogP contribution in [0.4, 0.5) is 5.69 Å². The molecule has 0 aliphatic carbocycles. The van der Waals surface area contributed by atoms with Gasteiger partial charge in [-0.05, 0) is 50.6 Å². The van der Waals surface area contributed by atoms with Crippen molar-refractivity contribution in [3.05, 3.63) is 64.1 Å². The van der Waals surface area contributed by atoms with Crippen molar-refractivity contribution < 1.29 is 4.79 Å². The molecule has 1 aromatic carbocycles. The van der Waals surface area contributed by atoms with Crippen LogP contribution in [0.15, 0.2) is 47.4 Å². The number of para-hydroxylation sites is 1. The van der Waals surface area contributed by atoms with E-state index in [4.69, 9.17) is 0 Å². The molecule has 3 rings (SSSR count). The van der Waals surface area contributed by atoms with E-state index in [-0.39, 0.29) is 11.5 Å². The molecule has 5 heteroatoms. The number of nitrogens with one attached hydrogen (secondary N) is 1. The topological polar surface area (TPSA) is 54.3 Å². The fraction of sp³-hybridized carbons (Fsp3) is 0.368. The second kappa shape index (κ2) is 7.45. The minimum atomic E-state index is -0.195. The summed E-state index contributed by atoms with van der Waals surface area (Å²) in [5.41, 5.74) is 2.23. The van der Waals surface area contributed by atoms with Gasteiger partial charge in [0.1, 0.15) is 0 Å². The second-order valence-corrected chi connectivity index (χ2v) is 6.27. The average molecular weight is 325 g/mol. The summed E-state index contributed by atoms with van der Waals surface area (Å²) in [6.45, 7) is 5.62. The van der Waals surface area contributed by atoms with Crippen LogP contribution < -0.4 is 10.9 Å². The maximum Gasteiger partial charge on any atom is 0.257 e. The number of nitrogens with zero attached hydrogens (tertiary/aromatic N) is 2. The zero-order valence-electron chi connectivity index (χ0n) is 14.0. The van der Waals surface area contributed by atoms with E-state index >= 15 is 0 Å². The molecule has 1 fully saturated rings. The van der Waals surface area contributed by atoms with E-state index in [1.54, 1.807) is 16.8 Å². The molecular formula is C19H23N3O2. The highest BCUT2D eigenvalue weighted by atomic mass is 16.2. The summed E-state index contributed by atoms with van der Waals surface area (Å²) in [5, 5.41) is 2.91. The summed E-state index contributed by atoms with van der Waals surface area (Å²) in [4.78, 5) is 26.8. The third-order valence-corrected chi connectivity index (χ3v) is 4.49. The van der Waals surface area contributed by atoms with E-state index in [0.29, 0.717) is 12.1 Å². The van der Waals surface area contributed by atoms with Crippen LogP contribution in [0, 0.1) is 6.92 Å². The molecule has 0 atom stereocenters. The van der Waals surface area contributed by atoms with Crippen molar-refractivity contribution in [1.82, 2.24) is 9.47 Å². The minimum absolute atomic E-state index is 0.0679. The van der Waals surface area contributed by atoms with Crippen LogP contribution in [0.2, 0.25) is 0 Å². The third kappa shape index (κ3) is 3.92. The molecule has 1 amide bonds. The van der Waals surface area contributed by atoms with Crippen LogP contribution in [-0.4, -0.2) is 35.0 Å². The largest absolute Gasteiger partial charge is 0.322 e. The Balaban J connectivity index is 1.71. The van der Waals surface area contributed by atoms with Gasteiger partial charge in [-0.25, -0.2) is 0 Å². The number of rotatable bonds is 5. The van der Waals surface area contributed by atoms with E-state index in [1.165, 1.54) is 18.9 Å². The van der Waals surface area contributed by atoms with Crippen LogP contribution in [0.5, 0.6) is 0 Å². The standard InChI is InChI=1S/C19H23N3O2/c1-15-6-2-3-7-17(15)20-19(24)16-8-9-18(23)22(14-16)13-12-21-10-4-5-11-21/h2-3,6-9,14H,4-5,10-13H2,1H3,(H,20,24). The number of amides is 1. The number of pyridine rings is 1. The summed E-state index contributed by atoms with van der Waals surface area (Å²) >= 11 is 0. The minimum Gasteiger partial charge on any atom is -0.322 e. The quantitative estimate of drug-likeness (QED) is 0.919. The first-order valence-corrected chi connectivity index (χ1v) is 8.43. The number of benzene rings is 1. The van der Waals surface area contributed by atoms with Crippen LogP contribution in [0.25, 0.3) is 0 Å². The molecule has 0 spiro atoms. The summed E-state index contributed by atoms with van der Waals surface area (Å²) in [7, 11) is 0. The monoisotopic (exact) mass is 325 g/mol. The molecule has 1 N–H and O–H groups in total. The maximum absolute atomic E-state index is 12.5. The zero-order chi connectivity index (χ0) is 16.9. The molecule has 1 aromatic heterocycles. The van der Waals surface area contributed by atoms with Gasteiger partial charge in [0.2, 0.25) is 0 Å². The van der Waals surface area contributed by atoms with Gasteiger partial charge >= 0.3 is 0 Å². The van der Waals surface area contributed by atoms with E-state index in [1.807, 2.05) is 31.2 Å². The lowest BCUT2D eigenvalue weighted by molar-refractivity contribution is 0.102. The number of carbonyl (C=O) groups is 1. The Hall–Kier alpha value is -2.40. The van der Waals surface area contributed by atoms with Crippen molar-refractivity contribution in [2.24, 2.45) is 0 Å². The van der Waals surface area contributed by atoms with Crippen LogP contribution in [0.1, 0.15) is 28.8 Å². The Morgan fingerprint density at radius 3 is 2.58 bits per heavy atom. The predicted octanol–water partition coefficient (Wildman–Crippen LogP) is 2.50. The first-order chi connectivity index (χ1) is 11.6. The van der Waals surface area contributed by atoms with E-state index in [9.17, 15) is 9.59 Å². The van der Waals surface area contributed by atoms with Gasteiger partial charge in [0, 0.05) is 31.0 Å². The average Bonchev–Trinajstić information content (AvgIpc) is 3.09. The van der Waals surface area contributed by atoms with Gasteiger partial charge in [0.15, 0.2) is 0 Å². The summed E-state index contributed by atoms with van der Waals surface area (Å²) < 4.78 is 1.63. The Morgan fingerprint density at radius 1 is 1.08 bits per heavy atom. The number of likely N-dealkylation sites (tertiary alicyclic amines) is 1. The van der Waals surface area contributed by atoms with Gasteiger partial charge in [-0.3, -0.25) is 9.59 Å². The Morgan fingerprint density at radius 2 is 1.83 bits per heavy atom. The van der Waals surface area contributed by atoms with Crippen molar-refractivity contribution >= 4 is 11.6 Å². The Kier molecular flexibility index (Phi) is 5.11. The molecule has 126 valence electrons. The van der Waals surface area contributed by atoms with E-state index in [2.05, 4.69) is 10.2 Å². The van der Waals surface area contributed by atoms with Crippen molar-refractivity contribution in [2.45, 2.75) is 26.3 Å². The molecule has 0 bridgehead atoms. The lowest BCUT2D eigenvalue weighted by atomic mass is 10.2. The van der Waals surface area contributed by atoms with Gasteiger partial charge < -0.3 is 14.8 Å². The van der Waals surface area contributed by atoms with Crippen LogP contribution >= 0.6 is 0 Å². The van der Waals surface area contributed by atoms with Gasteiger partial charge in [0.05, 0.1) is 5.56 Å². The van der Waals surface area contributed by atoms with Gasteiger partial charge in [-0.2, -0.15) is 0 Å². The molecule has 2 aromatic rings. The van der Waals surface area contributed by atoms with Crippen LogP contribution in [0.3, 0.4) is 0 Å². The van der Waals surface area contributed by atoms with Crippen molar-refractivity contribution in [1.29, 1.82) is 0 Å². The number of hydrogen-bond donors (Lipinski definition) is 1. The van der Waals surface area contributed by atoms with Gasteiger partial charge in [-0.1, -0.05) is 18.2 Å². The fourth-order valence-electron chi connectivity index (χ4n) is 3.00. The summed E-state index contributed by atoms with van der Waals surface area (Å²) in [5.74, 6) is -0.195. The fourth-order valence-corrected chi connectivity index (χ4v) is 3.00. The summed E-state index contributed by atoms with van der Waals surface area (Å²) in [6, 6.07) is 10.7. The van der Waals surface area contributed by atoms with Crippen molar-refractivity contribution in [3.63, 3.8) is 0 Å². The molecule has 0 radical (unpaired) electrons. The highest BCUT2D eigenvalue weighted by Crippen LogP contribution is 2.14. The lowest BCUT2D eigenvalue weighted by Gasteiger charge is -2.16.